The van der Waals surface area contributed by atoms with E-state index in [-0.39, 0.29) is 17.1 Å². The zero-order chi connectivity index (χ0) is 21.6. The van der Waals surface area contributed by atoms with Gasteiger partial charge in [-0.15, -0.1) is 0 Å². The first-order valence-corrected chi connectivity index (χ1v) is 8.61. The summed E-state index contributed by atoms with van der Waals surface area (Å²) in [6.07, 6.45) is 2.43. The summed E-state index contributed by atoms with van der Waals surface area (Å²) in [5, 5.41) is 2.15. The molecule has 1 fully saturated rings. The molecule has 1 aliphatic heterocycles. The third-order valence-electron chi connectivity index (χ3n) is 5.05. The van der Waals surface area contributed by atoms with Gasteiger partial charge in [-0.05, 0) is 26.8 Å². The zero-order valence-electron chi connectivity index (χ0n) is 16.1. The molecule has 0 aliphatic carbocycles. The minimum atomic E-state index is -3.75. The molecule has 1 N–H and O–H groups in total. The Bertz CT molecular complexity index is 950. The van der Waals surface area contributed by atoms with E-state index in [2.05, 4.69) is 15.3 Å². The van der Waals surface area contributed by atoms with Crippen molar-refractivity contribution < 1.29 is 31.8 Å². The second-order valence-electron chi connectivity index (χ2n) is 7.32. The number of nitrogens with zero attached hydrogens (tertiary/aromatic N) is 2. The number of carbonyl (C=O) groups excluding carboxylic acids is 1. The van der Waals surface area contributed by atoms with E-state index in [1.807, 2.05) is 0 Å². The Hall–Kier alpha value is -2.75. The minimum Gasteiger partial charge on any atom is -0.467 e. The fourth-order valence-electron chi connectivity index (χ4n) is 3.28. The summed E-state index contributed by atoms with van der Waals surface area (Å²) in [5.74, 6) is -6.84. The third kappa shape index (κ3) is 3.31. The molecule has 29 heavy (non-hydrogen) atoms. The second-order valence-corrected chi connectivity index (χ2v) is 7.32. The average molecular weight is 413 g/mol. The van der Waals surface area contributed by atoms with Crippen LogP contribution >= 0.6 is 0 Å². The van der Waals surface area contributed by atoms with Crippen LogP contribution in [0.3, 0.4) is 0 Å². The number of halogens is 4. The molecule has 2 heterocycles. The van der Waals surface area contributed by atoms with Crippen molar-refractivity contribution >= 4 is 5.91 Å². The Balaban J connectivity index is 2.21. The Morgan fingerprint density at radius 2 is 1.72 bits per heavy atom. The molecule has 1 saturated heterocycles. The van der Waals surface area contributed by atoms with Gasteiger partial charge in [0.2, 0.25) is 5.91 Å². The van der Waals surface area contributed by atoms with Crippen molar-refractivity contribution in [3.8, 4) is 17.1 Å². The van der Waals surface area contributed by atoms with Crippen molar-refractivity contribution in [2.24, 2.45) is 0 Å². The quantitative estimate of drug-likeness (QED) is 0.783. The largest absolute Gasteiger partial charge is 0.467 e. The number of rotatable bonds is 3. The number of aromatic nitrogens is 2. The van der Waals surface area contributed by atoms with E-state index in [1.165, 1.54) is 19.5 Å². The number of nitrogens with one attached hydrogen (secondary N) is 1. The molecule has 1 atom stereocenters. The highest BCUT2D eigenvalue weighted by atomic mass is 19.3. The summed E-state index contributed by atoms with van der Waals surface area (Å²) in [5.41, 5.74) is -5.30. The molecule has 0 saturated carbocycles. The van der Waals surface area contributed by atoms with Crippen molar-refractivity contribution in [1.29, 1.82) is 0 Å². The third-order valence-corrected chi connectivity index (χ3v) is 5.05. The van der Waals surface area contributed by atoms with E-state index in [9.17, 15) is 13.6 Å². The Kier molecular flexibility index (Phi) is 5.02. The SMILES string of the molecule is COc1ncc(-c2cc([C@@]3(C)NC(=O)COC(C)(C)C3(F)F)c(F)cc2F)cn1. The van der Waals surface area contributed by atoms with E-state index in [0.717, 1.165) is 26.8 Å². The predicted octanol–water partition coefficient (Wildman–Crippen LogP) is 3.21. The zero-order valence-corrected chi connectivity index (χ0v) is 16.1. The summed E-state index contributed by atoms with van der Waals surface area (Å²) in [7, 11) is 1.34. The van der Waals surface area contributed by atoms with Gasteiger partial charge >= 0.3 is 11.9 Å². The van der Waals surface area contributed by atoms with E-state index in [1.54, 1.807) is 0 Å². The van der Waals surface area contributed by atoms with Crippen LogP contribution in [0.15, 0.2) is 24.5 Å². The summed E-state index contributed by atoms with van der Waals surface area (Å²) in [4.78, 5) is 19.7. The van der Waals surface area contributed by atoms with Crippen molar-refractivity contribution in [3.05, 3.63) is 41.7 Å². The number of ether oxygens (including phenoxy) is 2. The second kappa shape index (κ2) is 6.94. The number of alkyl halides is 2. The number of hydrogen-bond donors (Lipinski definition) is 1. The van der Waals surface area contributed by atoms with E-state index in [0.29, 0.717) is 6.07 Å². The highest BCUT2D eigenvalue weighted by Gasteiger charge is 2.64. The minimum absolute atomic E-state index is 0.0184. The highest BCUT2D eigenvalue weighted by molar-refractivity contribution is 5.79. The molecule has 3 rings (SSSR count). The normalized spacial score (nSPS) is 23.2. The number of methoxy groups -OCH3 is 1. The van der Waals surface area contributed by atoms with Gasteiger partial charge in [0, 0.05) is 35.2 Å². The number of amides is 1. The topological polar surface area (TPSA) is 73.3 Å². The van der Waals surface area contributed by atoms with Crippen molar-refractivity contribution in [2.75, 3.05) is 13.7 Å². The monoisotopic (exact) mass is 413 g/mol. The molecular weight excluding hydrogens is 394 g/mol. The fraction of sp³-hybridized carbons (Fsp3) is 0.421. The van der Waals surface area contributed by atoms with Gasteiger partial charge in [-0.1, -0.05) is 0 Å². The maximum absolute atomic E-state index is 15.4. The predicted molar refractivity (Wildman–Crippen MR) is 94.4 cm³/mol. The Morgan fingerprint density at radius 1 is 1.10 bits per heavy atom. The lowest BCUT2D eigenvalue weighted by Gasteiger charge is -2.43. The van der Waals surface area contributed by atoms with Crippen LogP contribution in [0.25, 0.3) is 11.1 Å². The van der Waals surface area contributed by atoms with Crippen LogP contribution in [0.1, 0.15) is 26.3 Å². The maximum atomic E-state index is 15.4. The van der Waals surface area contributed by atoms with Crippen LogP contribution in [-0.4, -0.2) is 41.1 Å². The summed E-state index contributed by atoms with van der Waals surface area (Å²) < 4.78 is 69.9. The van der Waals surface area contributed by atoms with Crippen LogP contribution in [0.2, 0.25) is 0 Å². The smallest absolute Gasteiger partial charge is 0.316 e. The number of carbonyl (C=O) groups is 1. The summed E-state index contributed by atoms with van der Waals surface area (Å²) >= 11 is 0. The van der Waals surface area contributed by atoms with Gasteiger partial charge in [0.1, 0.15) is 29.4 Å². The van der Waals surface area contributed by atoms with Crippen LogP contribution in [0.5, 0.6) is 6.01 Å². The van der Waals surface area contributed by atoms with Crippen molar-refractivity contribution in [3.63, 3.8) is 0 Å². The lowest BCUT2D eigenvalue weighted by Crippen LogP contribution is -2.62. The van der Waals surface area contributed by atoms with Gasteiger partial charge in [-0.2, -0.15) is 0 Å². The van der Waals surface area contributed by atoms with Crippen molar-refractivity contribution in [1.82, 2.24) is 15.3 Å². The molecule has 156 valence electrons. The van der Waals surface area contributed by atoms with E-state index >= 15 is 8.78 Å². The average Bonchev–Trinajstić information content (AvgIpc) is 2.71. The first kappa shape index (κ1) is 21.0. The molecular formula is C19H19F4N3O3. The molecule has 0 unspecified atom stereocenters. The molecule has 0 spiro atoms. The summed E-state index contributed by atoms with van der Waals surface area (Å²) in [6.45, 7) is 2.56. The number of benzene rings is 1. The molecule has 1 aliphatic rings. The van der Waals surface area contributed by atoms with Gasteiger partial charge in [-0.25, -0.2) is 27.5 Å². The van der Waals surface area contributed by atoms with Gasteiger partial charge in [0.25, 0.3) is 0 Å². The molecule has 1 amide bonds. The van der Waals surface area contributed by atoms with Gasteiger partial charge < -0.3 is 14.8 Å². The van der Waals surface area contributed by atoms with Crippen LogP contribution < -0.4 is 10.1 Å². The fourth-order valence-corrected chi connectivity index (χ4v) is 3.28. The molecule has 0 radical (unpaired) electrons. The highest BCUT2D eigenvalue weighted by Crippen LogP contribution is 2.48. The van der Waals surface area contributed by atoms with E-state index in [4.69, 9.17) is 9.47 Å². The Morgan fingerprint density at radius 3 is 2.31 bits per heavy atom. The molecule has 0 bridgehead atoms. The van der Waals surface area contributed by atoms with Gasteiger partial charge in [0.05, 0.1) is 7.11 Å². The molecule has 1 aromatic heterocycles. The lowest BCUT2D eigenvalue weighted by atomic mass is 9.77. The van der Waals surface area contributed by atoms with Crippen LogP contribution in [-0.2, 0) is 15.1 Å². The van der Waals surface area contributed by atoms with Crippen LogP contribution in [0.4, 0.5) is 17.6 Å². The molecule has 2 aromatic rings. The summed E-state index contributed by atoms with van der Waals surface area (Å²) in [6, 6.07) is 1.43. The standard InChI is InChI=1S/C19H19F4N3O3/c1-17(2)19(22,23)18(3,26-15(27)9-29-17)12-5-11(13(20)6-14(12)21)10-7-24-16(28-4)25-8-10/h5-8H,9H2,1-4H3,(H,26,27)/t18-/m1/s1. The van der Waals surface area contributed by atoms with Crippen LogP contribution in [0, 0.1) is 11.6 Å². The van der Waals surface area contributed by atoms with Gasteiger partial charge in [0.15, 0.2) is 0 Å². The molecule has 6 nitrogen and oxygen atoms in total. The molecule has 10 heteroatoms. The maximum Gasteiger partial charge on any atom is 0.316 e. The lowest BCUT2D eigenvalue weighted by molar-refractivity contribution is -0.216. The Labute approximate surface area is 164 Å². The molecule has 1 aromatic carbocycles. The first-order valence-electron chi connectivity index (χ1n) is 8.61. The first-order chi connectivity index (χ1) is 13.4. The van der Waals surface area contributed by atoms with E-state index < -0.39 is 46.8 Å². The number of hydrogen-bond acceptors (Lipinski definition) is 5. The van der Waals surface area contributed by atoms with Crippen molar-refractivity contribution in [2.45, 2.75) is 37.8 Å². The van der Waals surface area contributed by atoms with Gasteiger partial charge in [-0.3, -0.25) is 4.79 Å².